The molecule has 18 heteroatoms. The van der Waals surface area contributed by atoms with E-state index < -0.39 is 63.1 Å². The number of halogens is 12. The molecule has 0 radical (unpaired) electrons. The second-order valence-corrected chi connectivity index (χ2v) is 8.81. The Morgan fingerprint density at radius 2 is 1.24 bits per heavy atom. The summed E-state index contributed by atoms with van der Waals surface area (Å²) < 4.78 is 172. The van der Waals surface area contributed by atoms with Crippen LogP contribution >= 0.6 is 7.66 Å². The van der Waals surface area contributed by atoms with Crippen LogP contribution in [0, 0.1) is 0 Å². The van der Waals surface area contributed by atoms with Crippen LogP contribution in [-0.2, 0) is 18.1 Å². The van der Waals surface area contributed by atoms with E-state index >= 15 is 0 Å². The zero-order chi connectivity index (χ0) is 22.7. The standard InChI is InChI=1S/C11H10F12NO4P/c1-24-3-2-4-25-29(24,28-7(10(18,19)20)11(21,22)23)26-5(8(12,13)14)6(27-29)9(15,16)17/h7H,2-4H2,1H3. The quantitative estimate of drug-likeness (QED) is 0.394. The molecule has 2 heterocycles. The molecule has 2 rings (SSSR count). The Balaban J connectivity index is 2.69. The van der Waals surface area contributed by atoms with Gasteiger partial charge in [0.05, 0.1) is 0 Å². The fourth-order valence-electron chi connectivity index (χ4n) is 2.37. The summed E-state index contributed by atoms with van der Waals surface area (Å²) >= 11 is 0. The predicted molar refractivity (Wildman–Crippen MR) is 68.4 cm³/mol. The molecule has 29 heavy (non-hydrogen) atoms. The molecule has 1 spiro atoms. The molecule has 2 aliphatic rings. The van der Waals surface area contributed by atoms with Gasteiger partial charge in [0.2, 0.25) is 0 Å². The van der Waals surface area contributed by atoms with Crippen molar-refractivity contribution in [1.82, 2.24) is 4.67 Å². The molecule has 5 nitrogen and oxygen atoms in total. The fraction of sp³-hybridized carbons (Fsp3) is 0.818. The predicted octanol–water partition coefficient (Wildman–Crippen LogP) is 5.36. The van der Waals surface area contributed by atoms with Crippen molar-refractivity contribution in [2.75, 3.05) is 20.2 Å². The summed E-state index contributed by atoms with van der Waals surface area (Å²) in [6, 6.07) is 0. The average molecular weight is 479 g/mol. The monoisotopic (exact) mass is 479 g/mol. The van der Waals surface area contributed by atoms with Crippen LogP contribution in [0.3, 0.4) is 0 Å². The molecule has 0 N–H and O–H groups in total. The van der Waals surface area contributed by atoms with E-state index in [1.165, 1.54) is 0 Å². The zero-order valence-corrected chi connectivity index (χ0v) is 14.7. The third-order valence-electron chi connectivity index (χ3n) is 3.58. The molecular formula is C11H10F12NO4P. The summed E-state index contributed by atoms with van der Waals surface area (Å²) in [5, 5.41) is 0. The van der Waals surface area contributed by atoms with Gasteiger partial charge in [0, 0.05) is 0 Å². The van der Waals surface area contributed by atoms with Gasteiger partial charge in [-0.15, -0.1) is 0 Å². The number of hydrogen-bond acceptors (Lipinski definition) is 5. The Bertz CT molecular complexity index is 641. The van der Waals surface area contributed by atoms with Crippen LogP contribution in [0.1, 0.15) is 6.42 Å². The van der Waals surface area contributed by atoms with E-state index in [-0.39, 0.29) is 11.1 Å². The van der Waals surface area contributed by atoms with E-state index in [9.17, 15) is 52.7 Å². The maximum absolute atomic E-state index is 13.1. The van der Waals surface area contributed by atoms with Crippen molar-refractivity contribution in [3.63, 3.8) is 0 Å². The first-order chi connectivity index (χ1) is 12.7. The van der Waals surface area contributed by atoms with Gasteiger partial charge < -0.3 is 0 Å². The first-order valence-electron chi connectivity index (χ1n) is 7.22. The van der Waals surface area contributed by atoms with E-state index in [0.717, 1.165) is 0 Å². The van der Waals surface area contributed by atoms with Gasteiger partial charge in [0.1, 0.15) is 0 Å². The summed E-state index contributed by atoms with van der Waals surface area (Å²) in [5.74, 6) is -6.03. The molecule has 0 aromatic heterocycles. The van der Waals surface area contributed by atoms with Crippen molar-refractivity contribution in [2.24, 2.45) is 0 Å². The van der Waals surface area contributed by atoms with Crippen molar-refractivity contribution in [3.8, 4) is 0 Å². The molecule has 0 unspecified atom stereocenters. The molecular weight excluding hydrogens is 469 g/mol. The molecule has 0 atom stereocenters. The Labute approximate surface area is 153 Å². The van der Waals surface area contributed by atoms with Crippen molar-refractivity contribution in [1.29, 1.82) is 0 Å². The van der Waals surface area contributed by atoms with Crippen LogP contribution in [-0.4, -0.2) is 55.7 Å². The number of allylic oxidation sites excluding steroid dienone is 2. The third-order valence-corrected chi connectivity index (χ3v) is 7.04. The number of alkyl halides is 12. The number of rotatable bonds is 2. The van der Waals surface area contributed by atoms with Crippen molar-refractivity contribution >= 4 is 7.66 Å². The fourth-order valence-corrected chi connectivity index (χ4v) is 5.77. The van der Waals surface area contributed by atoms with Gasteiger partial charge in [-0.3, -0.25) is 0 Å². The van der Waals surface area contributed by atoms with Crippen LogP contribution in [0.25, 0.3) is 0 Å². The molecule has 0 saturated carbocycles. The second-order valence-electron chi connectivity index (χ2n) is 5.75. The van der Waals surface area contributed by atoms with Crippen LogP contribution in [0.4, 0.5) is 52.7 Å². The van der Waals surface area contributed by atoms with Gasteiger partial charge in [-0.1, -0.05) is 0 Å². The van der Waals surface area contributed by atoms with Gasteiger partial charge in [0.15, 0.2) is 0 Å². The molecule has 0 amide bonds. The summed E-state index contributed by atoms with van der Waals surface area (Å²) in [5.41, 5.74) is 0. The van der Waals surface area contributed by atoms with E-state index in [1.54, 1.807) is 0 Å². The number of hydrogen-bond donors (Lipinski definition) is 0. The van der Waals surface area contributed by atoms with E-state index in [0.29, 0.717) is 7.05 Å². The molecule has 2 aliphatic heterocycles. The first-order valence-corrected chi connectivity index (χ1v) is 9.08. The Hall–Kier alpha value is -1.19. The molecule has 172 valence electrons. The minimum absolute atomic E-state index is 0.0874. The van der Waals surface area contributed by atoms with Crippen molar-refractivity contribution in [3.05, 3.63) is 11.5 Å². The van der Waals surface area contributed by atoms with Crippen LogP contribution in [0.2, 0.25) is 0 Å². The van der Waals surface area contributed by atoms with Gasteiger partial charge in [-0.2, -0.15) is 0 Å². The average Bonchev–Trinajstić information content (AvgIpc) is 2.84. The molecule has 0 bridgehead atoms. The van der Waals surface area contributed by atoms with Gasteiger partial charge in [0.25, 0.3) is 0 Å². The summed E-state index contributed by atoms with van der Waals surface area (Å²) in [6.45, 7) is -1.56. The summed E-state index contributed by atoms with van der Waals surface area (Å²) in [7, 11) is -6.38. The maximum atomic E-state index is 13.1. The van der Waals surface area contributed by atoms with Crippen LogP contribution < -0.4 is 0 Å². The topological polar surface area (TPSA) is 40.2 Å². The van der Waals surface area contributed by atoms with Crippen molar-refractivity contribution in [2.45, 2.75) is 37.2 Å². The van der Waals surface area contributed by atoms with Crippen LogP contribution in [0.5, 0.6) is 0 Å². The molecule has 1 fully saturated rings. The Morgan fingerprint density at radius 1 is 0.828 bits per heavy atom. The Kier molecular flexibility index (Phi) is 5.53. The zero-order valence-electron chi connectivity index (χ0n) is 13.8. The molecule has 1 saturated heterocycles. The number of nitrogens with zero attached hydrogens (tertiary/aromatic N) is 1. The molecule has 0 aromatic carbocycles. The summed E-state index contributed by atoms with van der Waals surface area (Å²) in [4.78, 5) is 0. The van der Waals surface area contributed by atoms with Gasteiger partial charge >= 0.3 is 152 Å². The van der Waals surface area contributed by atoms with E-state index in [4.69, 9.17) is 0 Å². The molecule has 0 aliphatic carbocycles. The second kappa shape index (κ2) is 6.65. The normalized spacial score (nSPS) is 25.0. The van der Waals surface area contributed by atoms with E-state index in [1.807, 2.05) is 0 Å². The third kappa shape index (κ3) is 4.32. The van der Waals surface area contributed by atoms with E-state index in [2.05, 4.69) is 18.1 Å². The van der Waals surface area contributed by atoms with Gasteiger partial charge in [-0.25, -0.2) is 0 Å². The van der Waals surface area contributed by atoms with Crippen LogP contribution in [0.15, 0.2) is 11.5 Å². The van der Waals surface area contributed by atoms with Crippen molar-refractivity contribution < 1.29 is 70.8 Å². The summed E-state index contributed by atoms with van der Waals surface area (Å²) in [6.07, 6.45) is -29.7. The SMILES string of the molecule is CN1CCCOP12(OC(C(F)(F)F)C(F)(F)F)OC(C(F)(F)F)=C(C(F)(F)F)O2. The first kappa shape index (κ1) is 24.1. The molecule has 0 aromatic rings. The van der Waals surface area contributed by atoms with Gasteiger partial charge in [-0.05, 0) is 0 Å². The minimum atomic E-state index is -6.93. The Morgan fingerprint density at radius 3 is 1.55 bits per heavy atom.